The van der Waals surface area contributed by atoms with Gasteiger partial charge in [-0.2, -0.15) is 0 Å². The molecule has 0 atom stereocenters. The van der Waals surface area contributed by atoms with Crippen molar-refractivity contribution in [1.82, 2.24) is 10.2 Å². The third kappa shape index (κ3) is 5.71. The molecule has 1 heterocycles. The van der Waals surface area contributed by atoms with E-state index < -0.39 is 0 Å². The van der Waals surface area contributed by atoms with Crippen LogP contribution in [-0.4, -0.2) is 43.8 Å². The van der Waals surface area contributed by atoms with Crippen LogP contribution in [-0.2, 0) is 4.74 Å². The monoisotopic (exact) mass is 256 g/mol. The molecule has 0 bridgehead atoms. The molecule has 0 aromatic rings. The van der Waals surface area contributed by atoms with E-state index in [1.807, 2.05) is 4.90 Å². The Labute approximate surface area is 111 Å². The lowest BCUT2D eigenvalue weighted by molar-refractivity contribution is 0.0664. The van der Waals surface area contributed by atoms with Crippen LogP contribution in [0.2, 0.25) is 0 Å². The number of carbonyl (C=O) groups is 1. The Kier molecular flexibility index (Phi) is 7.81. The molecule has 1 fully saturated rings. The molecule has 0 aromatic heterocycles. The molecule has 1 aliphatic rings. The van der Waals surface area contributed by atoms with Crippen molar-refractivity contribution in [3.8, 4) is 0 Å². The Balaban J connectivity index is 2.26. The maximum Gasteiger partial charge on any atom is 0.317 e. The zero-order chi connectivity index (χ0) is 13.2. The number of carbonyl (C=O) groups excluding carboxylic acids is 1. The summed E-state index contributed by atoms with van der Waals surface area (Å²) in [7, 11) is 0. The molecule has 2 amide bonds. The second-order valence-corrected chi connectivity index (χ2v) is 5.08. The van der Waals surface area contributed by atoms with Gasteiger partial charge < -0.3 is 15.0 Å². The van der Waals surface area contributed by atoms with Gasteiger partial charge in [-0.25, -0.2) is 4.79 Å². The van der Waals surface area contributed by atoms with Crippen molar-refractivity contribution in [2.45, 2.75) is 46.0 Å². The first-order valence-electron chi connectivity index (χ1n) is 7.38. The van der Waals surface area contributed by atoms with Crippen LogP contribution in [0.25, 0.3) is 0 Å². The van der Waals surface area contributed by atoms with E-state index in [9.17, 15) is 4.79 Å². The van der Waals surface area contributed by atoms with E-state index in [0.29, 0.717) is 5.92 Å². The Hall–Kier alpha value is -0.770. The first-order chi connectivity index (χ1) is 8.77. The fourth-order valence-electron chi connectivity index (χ4n) is 2.23. The number of nitrogens with one attached hydrogen (secondary N) is 1. The largest absolute Gasteiger partial charge is 0.381 e. The fourth-order valence-corrected chi connectivity index (χ4v) is 2.23. The van der Waals surface area contributed by atoms with Crippen molar-refractivity contribution in [1.29, 1.82) is 0 Å². The van der Waals surface area contributed by atoms with Crippen molar-refractivity contribution in [3.63, 3.8) is 0 Å². The van der Waals surface area contributed by atoms with Gasteiger partial charge in [-0.1, -0.05) is 20.3 Å². The van der Waals surface area contributed by atoms with E-state index in [1.165, 1.54) is 0 Å². The molecule has 18 heavy (non-hydrogen) atoms. The predicted octanol–water partition coefficient (Wildman–Crippen LogP) is 2.63. The molecule has 1 aliphatic heterocycles. The summed E-state index contributed by atoms with van der Waals surface area (Å²) in [6, 6.07) is 0.108. The van der Waals surface area contributed by atoms with Crippen molar-refractivity contribution >= 4 is 6.03 Å². The number of hydrogen-bond donors (Lipinski definition) is 1. The van der Waals surface area contributed by atoms with Gasteiger partial charge in [0.1, 0.15) is 0 Å². The number of nitrogens with zero attached hydrogens (tertiary/aromatic N) is 1. The van der Waals surface area contributed by atoms with Gasteiger partial charge >= 0.3 is 6.03 Å². The van der Waals surface area contributed by atoms with Gasteiger partial charge in [-0.15, -0.1) is 0 Å². The SMILES string of the molecule is CCCCN(CCC)C(=O)NCC1CCOCC1. The van der Waals surface area contributed by atoms with E-state index in [1.54, 1.807) is 0 Å². The van der Waals surface area contributed by atoms with Crippen LogP contribution in [0.4, 0.5) is 4.79 Å². The Morgan fingerprint density at radius 1 is 1.22 bits per heavy atom. The van der Waals surface area contributed by atoms with Crippen molar-refractivity contribution in [2.75, 3.05) is 32.8 Å². The van der Waals surface area contributed by atoms with Crippen LogP contribution >= 0.6 is 0 Å². The summed E-state index contributed by atoms with van der Waals surface area (Å²) < 4.78 is 5.32. The van der Waals surface area contributed by atoms with E-state index in [-0.39, 0.29) is 6.03 Å². The number of hydrogen-bond acceptors (Lipinski definition) is 2. The number of ether oxygens (including phenoxy) is 1. The Morgan fingerprint density at radius 2 is 1.94 bits per heavy atom. The number of unbranched alkanes of at least 4 members (excludes halogenated alkanes) is 1. The van der Waals surface area contributed by atoms with Crippen molar-refractivity contribution < 1.29 is 9.53 Å². The van der Waals surface area contributed by atoms with E-state index in [4.69, 9.17) is 4.74 Å². The van der Waals surface area contributed by atoms with Crippen LogP contribution in [0, 0.1) is 5.92 Å². The fraction of sp³-hybridized carbons (Fsp3) is 0.929. The summed E-state index contributed by atoms with van der Waals surface area (Å²) in [5, 5.41) is 3.08. The molecule has 0 unspecified atom stereocenters. The molecule has 0 spiro atoms. The van der Waals surface area contributed by atoms with Gasteiger partial charge in [0.05, 0.1) is 0 Å². The highest BCUT2D eigenvalue weighted by atomic mass is 16.5. The minimum atomic E-state index is 0.108. The topological polar surface area (TPSA) is 41.6 Å². The van der Waals surface area contributed by atoms with E-state index >= 15 is 0 Å². The smallest absolute Gasteiger partial charge is 0.317 e. The first-order valence-corrected chi connectivity index (χ1v) is 7.38. The highest BCUT2D eigenvalue weighted by molar-refractivity contribution is 5.74. The van der Waals surface area contributed by atoms with Crippen molar-refractivity contribution in [2.24, 2.45) is 5.92 Å². The Bertz CT molecular complexity index is 228. The normalized spacial score (nSPS) is 16.6. The zero-order valence-corrected chi connectivity index (χ0v) is 11.9. The van der Waals surface area contributed by atoms with Crippen LogP contribution < -0.4 is 5.32 Å². The second kappa shape index (κ2) is 9.20. The van der Waals surface area contributed by atoms with Gasteiger partial charge in [0.25, 0.3) is 0 Å². The maximum absolute atomic E-state index is 12.1. The summed E-state index contributed by atoms with van der Waals surface area (Å²) in [6.07, 6.45) is 5.39. The summed E-state index contributed by atoms with van der Waals surface area (Å²) in [5.74, 6) is 0.595. The van der Waals surface area contributed by atoms with Gasteiger partial charge in [0, 0.05) is 32.8 Å². The molecule has 0 aliphatic carbocycles. The van der Waals surface area contributed by atoms with Gasteiger partial charge in [0.2, 0.25) is 0 Å². The average Bonchev–Trinajstić information content (AvgIpc) is 2.42. The highest BCUT2D eigenvalue weighted by Gasteiger charge is 2.17. The third-order valence-corrected chi connectivity index (χ3v) is 3.45. The van der Waals surface area contributed by atoms with E-state index in [2.05, 4.69) is 19.2 Å². The van der Waals surface area contributed by atoms with Gasteiger partial charge in [0.15, 0.2) is 0 Å². The van der Waals surface area contributed by atoms with Crippen molar-refractivity contribution in [3.05, 3.63) is 0 Å². The third-order valence-electron chi connectivity index (χ3n) is 3.45. The molecule has 1 rings (SSSR count). The molecule has 0 saturated carbocycles. The quantitative estimate of drug-likeness (QED) is 0.761. The lowest BCUT2D eigenvalue weighted by Gasteiger charge is -2.26. The molecule has 0 radical (unpaired) electrons. The zero-order valence-electron chi connectivity index (χ0n) is 11.9. The van der Waals surface area contributed by atoms with Crippen LogP contribution in [0.15, 0.2) is 0 Å². The average molecular weight is 256 g/mol. The summed E-state index contributed by atoms with van der Waals surface area (Å²) in [5.41, 5.74) is 0. The van der Waals surface area contributed by atoms with E-state index in [0.717, 1.165) is 65.0 Å². The summed E-state index contributed by atoms with van der Waals surface area (Å²) >= 11 is 0. The van der Waals surface area contributed by atoms with Crippen LogP contribution in [0.3, 0.4) is 0 Å². The molecular weight excluding hydrogens is 228 g/mol. The number of amides is 2. The first kappa shape index (κ1) is 15.3. The molecular formula is C14H28N2O2. The molecule has 4 heteroatoms. The minimum absolute atomic E-state index is 0.108. The number of rotatable bonds is 7. The minimum Gasteiger partial charge on any atom is -0.381 e. The maximum atomic E-state index is 12.1. The lowest BCUT2D eigenvalue weighted by atomic mass is 10.0. The molecule has 1 N–H and O–H groups in total. The highest BCUT2D eigenvalue weighted by Crippen LogP contribution is 2.13. The predicted molar refractivity (Wildman–Crippen MR) is 73.7 cm³/mol. The van der Waals surface area contributed by atoms with Gasteiger partial charge in [-0.3, -0.25) is 0 Å². The molecule has 1 saturated heterocycles. The molecule has 4 nitrogen and oxygen atoms in total. The standard InChI is InChI=1S/C14H28N2O2/c1-3-5-9-16(8-4-2)14(17)15-12-13-6-10-18-11-7-13/h13H,3-12H2,1-2H3,(H,15,17). The number of urea groups is 1. The van der Waals surface area contributed by atoms with Gasteiger partial charge in [-0.05, 0) is 31.6 Å². The summed E-state index contributed by atoms with van der Waals surface area (Å²) in [6.45, 7) is 8.50. The molecule has 0 aromatic carbocycles. The summed E-state index contributed by atoms with van der Waals surface area (Å²) in [4.78, 5) is 14.0. The lowest BCUT2D eigenvalue weighted by Crippen LogP contribution is -2.43. The molecule has 106 valence electrons. The van der Waals surface area contributed by atoms with Crippen LogP contribution in [0.5, 0.6) is 0 Å². The second-order valence-electron chi connectivity index (χ2n) is 5.08. The Morgan fingerprint density at radius 3 is 2.56 bits per heavy atom. The van der Waals surface area contributed by atoms with Crippen LogP contribution in [0.1, 0.15) is 46.0 Å².